The number of thiophene rings is 1. The summed E-state index contributed by atoms with van der Waals surface area (Å²) in [5.41, 5.74) is 3.00. The first-order valence-corrected chi connectivity index (χ1v) is 10.0. The highest BCUT2D eigenvalue weighted by Crippen LogP contribution is 2.15. The number of carbonyl (C=O) groups is 1. The molecule has 28 heavy (non-hydrogen) atoms. The molecule has 0 radical (unpaired) electrons. The van der Waals surface area contributed by atoms with Gasteiger partial charge in [-0.1, -0.05) is 12.1 Å². The minimum atomic E-state index is -0.271. The van der Waals surface area contributed by atoms with E-state index in [9.17, 15) is 4.79 Å². The lowest BCUT2D eigenvalue weighted by molar-refractivity contribution is 0.0996. The Kier molecular flexibility index (Phi) is 6.86. The van der Waals surface area contributed by atoms with E-state index in [2.05, 4.69) is 39.3 Å². The number of amides is 1. The molecule has 2 aromatic heterocycles. The maximum atomic E-state index is 12.1. The van der Waals surface area contributed by atoms with Crippen LogP contribution in [0.1, 0.15) is 33.5 Å². The van der Waals surface area contributed by atoms with Crippen LogP contribution >= 0.6 is 11.3 Å². The molecule has 0 saturated carbocycles. The summed E-state index contributed by atoms with van der Waals surface area (Å²) in [4.78, 5) is 18.1. The SMILES string of the molecule is CCNC(=NCc1cccc(NC(=O)c2ccco2)c1)NCc1sccc1C. The summed E-state index contributed by atoms with van der Waals surface area (Å²) >= 11 is 1.74. The zero-order valence-corrected chi connectivity index (χ0v) is 16.8. The topological polar surface area (TPSA) is 78.7 Å². The quantitative estimate of drug-likeness (QED) is 0.414. The number of hydrogen-bond donors (Lipinski definition) is 3. The summed E-state index contributed by atoms with van der Waals surface area (Å²) in [5.74, 6) is 0.776. The van der Waals surface area contributed by atoms with E-state index in [-0.39, 0.29) is 11.7 Å². The van der Waals surface area contributed by atoms with E-state index >= 15 is 0 Å². The molecule has 3 aromatic rings. The third-order valence-electron chi connectivity index (χ3n) is 4.08. The van der Waals surface area contributed by atoms with Gasteiger partial charge in [-0.25, -0.2) is 4.99 Å². The van der Waals surface area contributed by atoms with Gasteiger partial charge in [0.1, 0.15) is 0 Å². The number of aliphatic imine (C=N–C) groups is 1. The molecule has 1 amide bonds. The summed E-state index contributed by atoms with van der Waals surface area (Å²) in [6.45, 7) is 6.19. The Morgan fingerprint density at radius 1 is 1.18 bits per heavy atom. The van der Waals surface area contributed by atoms with Crippen LogP contribution in [-0.2, 0) is 13.1 Å². The van der Waals surface area contributed by atoms with Crippen LogP contribution < -0.4 is 16.0 Å². The minimum Gasteiger partial charge on any atom is -0.459 e. The van der Waals surface area contributed by atoms with Crippen molar-refractivity contribution in [2.24, 2.45) is 4.99 Å². The van der Waals surface area contributed by atoms with Gasteiger partial charge in [0.15, 0.2) is 11.7 Å². The summed E-state index contributed by atoms with van der Waals surface area (Å²) in [7, 11) is 0. The van der Waals surface area contributed by atoms with Gasteiger partial charge in [-0.3, -0.25) is 4.79 Å². The fraction of sp³-hybridized carbons (Fsp3) is 0.238. The van der Waals surface area contributed by atoms with Gasteiger partial charge in [-0.2, -0.15) is 0 Å². The fourth-order valence-corrected chi connectivity index (χ4v) is 3.46. The van der Waals surface area contributed by atoms with E-state index in [1.165, 1.54) is 16.7 Å². The smallest absolute Gasteiger partial charge is 0.291 e. The maximum Gasteiger partial charge on any atom is 0.291 e. The van der Waals surface area contributed by atoms with Gasteiger partial charge >= 0.3 is 0 Å². The maximum absolute atomic E-state index is 12.1. The highest BCUT2D eigenvalue weighted by molar-refractivity contribution is 7.10. The van der Waals surface area contributed by atoms with Gasteiger partial charge < -0.3 is 20.4 Å². The van der Waals surface area contributed by atoms with Crippen LogP contribution in [0.2, 0.25) is 0 Å². The van der Waals surface area contributed by atoms with Crippen LogP contribution in [0.15, 0.2) is 63.5 Å². The highest BCUT2D eigenvalue weighted by atomic mass is 32.1. The lowest BCUT2D eigenvalue weighted by Crippen LogP contribution is -2.36. The van der Waals surface area contributed by atoms with Gasteiger partial charge in [-0.15, -0.1) is 11.3 Å². The van der Waals surface area contributed by atoms with Crippen molar-refractivity contribution in [1.82, 2.24) is 10.6 Å². The van der Waals surface area contributed by atoms with E-state index in [0.29, 0.717) is 12.2 Å². The normalized spacial score (nSPS) is 11.3. The molecule has 0 aliphatic carbocycles. The Hall–Kier alpha value is -3.06. The number of nitrogens with zero attached hydrogens (tertiary/aromatic N) is 1. The average Bonchev–Trinajstić information content (AvgIpc) is 3.36. The molecule has 0 saturated heterocycles. The van der Waals surface area contributed by atoms with Gasteiger partial charge in [0.05, 0.1) is 19.4 Å². The van der Waals surface area contributed by atoms with E-state index < -0.39 is 0 Å². The Balaban J connectivity index is 1.62. The second kappa shape index (κ2) is 9.75. The Morgan fingerprint density at radius 3 is 2.79 bits per heavy atom. The molecular formula is C21H24N4O2S. The molecule has 3 rings (SSSR count). The number of rotatable bonds is 7. The number of hydrogen-bond acceptors (Lipinski definition) is 4. The van der Waals surface area contributed by atoms with Crippen molar-refractivity contribution in [3.8, 4) is 0 Å². The Labute approximate surface area is 168 Å². The van der Waals surface area contributed by atoms with Crippen molar-refractivity contribution in [1.29, 1.82) is 0 Å². The zero-order valence-electron chi connectivity index (χ0n) is 16.0. The molecule has 146 valence electrons. The molecule has 0 fully saturated rings. The monoisotopic (exact) mass is 396 g/mol. The molecule has 1 aromatic carbocycles. The van der Waals surface area contributed by atoms with Crippen molar-refractivity contribution >= 4 is 28.9 Å². The predicted molar refractivity (Wildman–Crippen MR) is 114 cm³/mol. The fourth-order valence-electron chi connectivity index (χ4n) is 2.61. The van der Waals surface area contributed by atoms with Crippen LogP contribution in [0.25, 0.3) is 0 Å². The summed E-state index contributed by atoms with van der Waals surface area (Å²) in [6, 6.07) is 13.1. The van der Waals surface area contributed by atoms with Crippen LogP contribution in [-0.4, -0.2) is 18.4 Å². The van der Waals surface area contributed by atoms with Gasteiger partial charge in [0, 0.05) is 17.1 Å². The van der Waals surface area contributed by atoms with Gasteiger partial charge in [0.25, 0.3) is 5.91 Å². The number of carbonyl (C=O) groups excluding carboxylic acids is 1. The molecule has 6 nitrogen and oxygen atoms in total. The summed E-state index contributed by atoms with van der Waals surface area (Å²) < 4.78 is 5.12. The average molecular weight is 397 g/mol. The van der Waals surface area contributed by atoms with Crippen LogP contribution in [0.3, 0.4) is 0 Å². The highest BCUT2D eigenvalue weighted by Gasteiger charge is 2.09. The molecule has 0 bridgehead atoms. The third-order valence-corrected chi connectivity index (χ3v) is 5.10. The number of anilines is 1. The van der Waals surface area contributed by atoms with Crippen molar-refractivity contribution in [2.45, 2.75) is 26.9 Å². The lowest BCUT2D eigenvalue weighted by atomic mass is 10.2. The summed E-state index contributed by atoms with van der Waals surface area (Å²) in [5, 5.41) is 11.6. The molecule has 0 unspecified atom stereocenters. The lowest BCUT2D eigenvalue weighted by Gasteiger charge is -2.11. The third kappa shape index (κ3) is 5.47. The zero-order chi connectivity index (χ0) is 19.8. The molecule has 7 heteroatoms. The first-order chi connectivity index (χ1) is 13.7. The minimum absolute atomic E-state index is 0.271. The first kappa shape index (κ1) is 19.7. The molecule has 0 aliphatic rings. The standard InChI is InChI=1S/C21H24N4O2S/c1-3-22-21(24-14-19-15(2)9-11-28-19)23-13-16-6-4-7-17(12-16)25-20(26)18-8-5-10-27-18/h4-12H,3,13-14H2,1-2H3,(H,25,26)(H2,22,23,24). The van der Waals surface area contributed by atoms with Gasteiger partial charge in [-0.05, 0) is 60.7 Å². The predicted octanol–water partition coefficient (Wildman–Crippen LogP) is 4.16. The van der Waals surface area contributed by atoms with Crippen LogP contribution in [0.5, 0.6) is 0 Å². The first-order valence-electron chi connectivity index (χ1n) is 9.14. The van der Waals surface area contributed by atoms with Crippen LogP contribution in [0, 0.1) is 6.92 Å². The Morgan fingerprint density at radius 2 is 2.07 bits per heavy atom. The summed E-state index contributed by atoms with van der Waals surface area (Å²) in [6.07, 6.45) is 1.48. The van der Waals surface area contributed by atoms with Crippen molar-refractivity contribution < 1.29 is 9.21 Å². The van der Waals surface area contributed by atoms with E-state index in [0.717, 1.165) is 24.6 Å². The number of furan rings is 1. The largest absolute Gasteiger partial charge is 0.459 e. The number of benzene rings is 1. The van der Waals surface area contributed by atoms with E-state index in [4.69, 9.17) is 4.42 Å². The molecule has 0 spiro atoms. The molecule has 0 atom stereocenters. The number of nitrogens with one attached hydrogen (secondary N) is 3. The second-order valence-corrected chi connectivity index (χ2v) is 7.21. The molecular weight excluding hydrogens is 372 g/mol. The van der Waals surface area contributed by atoms with Crippen LogP contribution in [0.4, 0.5) is 5.69 Å². The molecule has 2 heterocycles. The van der Waals surface area contributed by atoms with E-state index in [1.54, 1.807) is 23.5 Å². The Bertz CT molecular complexity index is 932. The number of aryl methyl sites for hydroxylation is 1. The van der Waals surface area contributed by atoms with Gasteiger partial charge in [0.2, 0.25) is 0 Å². The van der Waals surface area contributed by atoms with Crippen molar-refractivity contribution in [3.63, 3.8) is 0 Å². The molecule has 3 N–H and O–H groups in total. The van der Waals surface area contributed by atoms with Crippen molar-refractivity contribution in [3.05, 3.63) is 75.9 Å². The van der Waals surface area contributed by atoms with E-state index in [1.807, 2.05) is 31.2 Å². The molecule has 0 aliphatic heterocycles. The number of guanidine groups is 1. The second-order valence-electron chi connectivity index (χ2n) is 6.21. The van der Waals surface area contributed by atoms with Crippen molar-refractivity contribution in [2.75, 3.05) is 11.9 Å².